The van der Waals surface area contributed by atoms with Gasteiger partial charge >= 0.3 is 0 Å². The van der Waals surface area contributed by atoms with Crippen molar-refractivity contribution >= 4 is 28.9 Å². The zero-order valence-electron chi connectivity index (χ0n) is 19.0. The van der Waals surface area contributed by atoms with Gasteiger partial charge in [0.2, 0.25) is 0 Å². The highest BCUT2D eigenvalue weighted by atomic mass is 35.5. The van der Waals surface area contributed by atoms with Crippen LogP contribution in [0.15, 0.2) is 66.7 Å². The number of nitriles is 1. The van der Waals surface area contributed by atoms with Gasteiger partial charge in [-0.25, -0.2) is 0 Å². The Morgan fingerprint density at radius 2 is 1.76 bits per heavy atom. The zero-order valence-corrected chi connectivity index (χ0v) is 20.5. The summed E-state index contributed by atoms with van der Waals surface area (Å²) >= 11 is 12.9. The molecule has 1 fully saturated rings. The van der Waals surface area contributed by atoms with E-state index < -0.39 is 0 Å². The Bertz CT molecular complexity index is 1150. The molecule has 1 heterocycles. The maximum atomic E-state index is 9.08. The Labute approximate surface area is 210 Å². The van der Waals surface area contributed by atoms with Crippen molar-refractivity contribution in [3.8, 4) is 11.8 Å². The van der Waals surface area contributed by atoms with Crippen molar-refractivity contribution < 1.29 is 9.84 Å². The molecule has 1 saturated heterocycles. The standard InChI is InChI=1S/C27H27Cl2N3O2/c1-19-16-31(17-21-4-2-20(15-30)3-5-21)18-27(22-6-8-23(28)9-7-22)32(19)26-11-10-24(14-25(26)29)34-13-12-33/h2-11,14,19,27,33H,12-13,16-18H2,1H3/t19-,27-/m0/s1. The van der Waals surface area contributed by atoms with Crippen LogP contribution in [0.3, 0.4) is 0 Å². The monoisotopic (exact) mass is 495 g/mol. The number of ether oxygens (including phenoxy) is 1. The van der Waals surface area contributed by atoms with Crippen LogP contribution in [0.25, 0.3) is 0 Å². The van der Waals surface area contributed by atoms with Gasteiger partial charge in [-0.1, -0.05) is 47.5 Å². The number of aliphatic hydroxyl groups excluding tert-OH is 1. The molecule has 0 aromatic heterocycles. The number of halogens is 2. The third-order valence-electron chi connectivity index (χ3n) is 6.07. The third-order valence-corrected chi connectivity index (χ3v) is 6.62. The average molecular weight is 496 g/mol. The summed E-state index contributed by atoms with van der Waals surface area (Å²) < 4.78 is 5.53. The molecule has 3 aromatic rings. The number of benzene rings is 3. The summed E-state index contributed by atoms with van der Waals surface area (Å²) in [5.41, 5.74) is 3.96. The number of hydrogen-bond donors (Lipinski definition) is 1. The van der Waals surface area contributed by atoms with E-state index in [1.165, 1.54) is 5.56 Å². The molecule has 0 unspecified atom stereocenters. The molecule has 2 atom stereocenters. The smallest absolute Gasteiger partial charge is 0.121 e. The minimum absolute atomic E-state index is 0.0454. The first-order chi connectivity index (χ1) is 16.5. The summed E-state index contributed by atoms with van der Waals surface area (Å²) in [4.78, 5) is 4.81. The maximum Gasteiger partial charge on any atom is 0.121 e. The van der Waals surface area contributed by atoms with Gasteiger partial charge in [0.25, 0.3) is 0 Å². The highest BCUT2D eigenvalue weighted by molar-refractivity contribution is 6.33. The summed E-state index contributed by atoms with van der Waals surface area (Å²) in [6, 6.07) is 23.9. The van der Waals surface area contributed by atoms with Crippen molar-refractivity contribution in [3.05, 3.63) is 93.5 Å². The lowest BCUT2D eigenvalue weighted by molar-refractivity contribution is 0.187. The number of rotatable bonds is 7. The lowest BCUT2D eigenvalue weighted by atomic mass is 9.97. The molecule has 0 amide bonds. The van der Waals surface area contributed by atoms with Crippen molar-refractivity contribution in [2.24, 2.45) is 0 Å². The summed E-state index contributed by atoms with van der Waals surface area (Å²) in [5, 5.41) is 19.4. The van der Waals surface area contributed by atoms with Crippen LogP contribution in [0.5, 0.6) is 5.75 Å². The molecule has 3 aromatic carbocycles. The van der Waals surface area contributed by atoms with Crippen molar-refractivity contribution in [2.75, 3.05) is 31.2 Å². The van der Waals surface area contributed by atoms with Crippen molar-refractivity contribution in [2.45, 2.75) is 25.6 Å². The Balaban J connectivity index is 1.63. The third kappa shape index (κ3) is 5.65. The van der Waals surface area contributed by atoms with E-state index in [4.69, 9.17) is 38.3 Å². The average Bonchev–Trinajstić information content (AvgIpc) is 2.84. The normalized spacial score (nSPS) is 18.5. The molecule has 0 radical (unpaired) electrons. The van der Waals surface area contributed by atoms with E-state index in [0.29, 0.717) is 21.4 Å². The van der Waals surface area contributed by atoms with Crippen LogP contribution in [0.2, 0.25) is 10.0 Å². The van der Waals surface area contributed by atoms with Crippen molar-refractivity contribution in [1.29, 1.82) is 5.26 Å². The van der Waals surface area contributed by atoms with E-state index in [1.807, 2.05) is 48.5 Å². The quantitative estimate of drug-likeness (QED) is 0.456. The Kier molecular flexibility index (Phi) is 7.97. The predicted molar refractivity (Wildman–Crippen MR) is 137 cm³/mol. The molecule has 0 bridgehead atoms. The van der Waals surface area contributed by atoms with Gasteiger partial charge in [-0.2, -0.15) is 5.26 Å². The first kappa shape index (κ1) is 24.4. The molecule has 1 aliphatic rings. The maximum absolute atomic E-state index is 9.08. The molecule has 0 aliphatic carbocycles. The van der Waals surface area contributed by atoms with Gasteiger partial charge < -0.3 is 14.7 Å². The van der Waals surface area contributed by atoms with Crippen LogP contribution in [0.1, 0.15) is 29.7 Å². The summed E-state index contributed by atoms with van der Waals surface area (Å²) in [6.45, 7) is 4.87. The molecule has 176 valence electrons. The second-order valence-electron chi connectivity index (χ2n) is 8.51. The van der Waals surface area contributed by atoms with Crippen LogP contribution in [0, 0.1) is 11.3 Å². The van der Waals surface area contributed by atoms with Gasteiger partial charge in [0, 0.05) is 36.8 Å². The number of nitrogens with zero attached hydrogens (tertiary/aromatic N) is 3. The van der Waals surface area contributed by atoms with Crippen LogP contribution in [0.4, 0.5) is 5.69 Å². The van der Waals surface area contributed by atoms with Crippen LogP contribution in [-0.4, -0.2) is 42.4 Å². The highest BCUT2D eigenvalue weighted by Gasteiger charge is 2.34. The molecule has 5 nitrogen and oxygen atoms in total. The van der Waals surface area contributed by atoms with Gasteiger partial charge in [0.05, 0.1) is 35.0 Å². The summed E-state index contributed by atoms with van der Waals surface area (Å²) in [7, 11) is 0. The fourth-order valence-electron chi connectivity index (χ4n) is 4.55. The van der Waals surface area contributed by atoms with E-state index >= 15 is 0 Å². The number of hydrogen-bond acceptors (Lipinski definition) is 5. The van der Waals surface area contributed by atoms with Gasteiger partial charge in [-0.3, -0.25) is 4.90 Å². The molecule has 1 N–H and O–H groups in total. The van der Waals surface area contributed by atoms with Crippen LogP contribution >= 0.6 is 23.2 Å². The number of anilines is 1. The van der Waals surface area contributed by atoms with E-state index in [0.717, 1.165) is 30.9 Å². The first-order valence-electron chi connectivity index (χ1n) is 11.3. The fraction of sp³-hybridized carbons (Fsp3) is 0.296. The van der Waals surface area contributed by atoms with Gasteiger partial charge in [0.15, 0.2) is 0 Å². The SMILES string of the molecule is C[C@H]1CN(Cc2ccc(C#N)cc2)C[C@@H](c2ccc(Cl)cc2)N1c1ccc(OCCO)cc1Cl. The van der Waals surface area contributed by atoms with Crippen LogP contribution in [-0.2, 0) is 6.54 Å². The fourth-order valence-corrected chi connectivity index (χ4v) is 4.95. The van der Waals surface area contributed by atoms with Gasteiger partial charge in [-0.15, -0.1) is 0 Å². The first-order valence-corrected chi connectivity index (χ1v) is 12.0. The molecule has 0 spiro atoms. The van der Waals surface area contributed by atoms with Crippen molar-refractivity contribution in [3.63, 3.8) is 0 Å². The van der Waals surface area contributed by atoms with E-state index in [1.54, 1.807) is 6.07 Å². The molecule has 4 rings (SSSR count). The minimum Gasteiger partial charge on any atom is -0.491 e. The van der Waals surface area contributed by atoms with E-state index in [9.17, 15) is 0 Å². The molecule has 7 heteroatoms. The second-order valence-corrected chi connectivity index (χ2v) is 9.36. The minimum atomic E-state index is -0.0454. The predicted octanol–water partition coefficient (Wildman–Crippen LogP) is 5.69. The molecule has 34 heavy (non-hydrogen) atoms. The van der Waals surface area contributed by atoms with Gasteiger partial charge in [-0.05, 0) is 54.4 Å². The zero-order chi connectivity index (χ0) is 24.1. The molecule has 0 saturated carbocycles. The van der Waals surface area contributed by atoms with Crippen molar-refractivity contribution in [1.82, 2.24) is 4.90 Å². The Morgan fingerprint density at radius 3 is 2.41 bits per heavy atom. The van der Waals surface area contributed by atoms with E-state index in [2.05, 4.69) is 34.9 Å². The topological polar surface area (TPSA) is 59.7 Å². The molecular formula is C27H27Cl2N3O2. The lowest BCUT2D eigenvalue weighted by Crippen LogP contribution is -2.53. The number of piperazine rings is 1. The van der Waals surface area contributed by atoms with Crippen LogP contribution < -0.4 is 9.64 Å². The summed E-state index contributed by atoms with van der Waals surface area (Å²) in [6.07, 6.45) is 0. The molecule has 1 aliphatic heterocycles. The number of aliphatic hydroxyl groups is 1. The van der Waals surface area contributed by atoms with Gasteiger partial charge in [0.1, 0.15) is 12.4 Å². The van der Waals surface area contributed by atoms with E-state index in [-0.39, 0.29) is 25.3 Å². The lowest BCUT2D eigenvalue weighted by Gasteiger charge is -2.47. The Morgan fingerprint density at radius 1 is 1.03 bits per heavy atom. The summed E-state index contributed by atoms with van der Waals surface area (Å²) in [5.74, 6) is 0.637. The highest BCUT2D eigenvalue weighted by Crippen LogP contribution is 2.39. The Hall–Kier alpha value is -2.75. The largest absolute Gasteiger partial charge is 0.491 e. The molecular weight excluding hydrogens is 469 g/mol. The second kappa shape index (κ2) is 11.1.